The van der Waals surface area contributed by atoms with Gasteiger partial charge in [0.2, 0.25) is 11.8 Å². The SMILES string of the molecule is CC[C@H](C)NC(=O)[C@H](CC)N(Cc1cccc(C)c1)C(=O)CN(c1ccc(C(C)C)cc1)S(=O)(=O)c1ccccc1. The zero-order chi connectivity index (χ0) is 30.2. The van der Waals surface area contributed by atoms with Crippen molar-refractivity contribution < 1.29 is 18.0 Å². The first-order valence-corrected chi connectivity index (χ1v) is 15.7. The van der Waals surface area contributed by atoms with Crippen LogP contribution >= 0.6 is 0 Å². The van der Waals surface area contributed by atoms with Gasteiger partial charge in [0.25, 0.3) is 10.0 Å². The average molecular weight is 578 g/mol. The summed E-state index contributed by atoms with van der Waals surface area (Å²) in [6, 6.07) is 22.3. The highest BCUT2D eigenvalue weighted by atomic mass is 32.2. The van der Waals surface area contributed by atoms with Crippen molar-refractivity contribution in [3.05, 3.63) is 95.6 Å². The van der Waals surface area contributed by atoms with Crippen molar-refractivity contribution in [1.82, 2.24) is 10.2 Å². The summed E-state index contributed by atoms with van der Waals surface area (Å²) in [4.78, 5) is 29.2. The minimum absolute atomic E-state index is 0.0538. The zero-order valence-electron chi connectivity index (χ0n) is 25.0. The van der Waals surface area contributed by atoms with Gasteiger partial charge in [0.1, 0.15) is 12.6 Å². The van der Waals surface area contributed by atoms with Crippen molar-refractivity contribution in [3.63, 3.8) is 0 Å². The van der Waals surface area contributed by atoms with Crippen LogP contribution in [0.15, 0.2) is 83.8 Å². The van der Waals surface area contributed by atoms with Crippen LogP contribution in [-0.2, 0) is 26.2 Å². The van der Waals surface area contributed by atoms with Gasteiger partial charge < -0.3 is 10.2 Å². The van der Waals surface area contributed by atoms with Gasteiger partial charge in [-0.25, -0.2) is 8.42 Å². The largest absolute Gasteiger partial charge is 0.352 e. The Morgan fingerprint density at radius 3 is 2.07 bits per heavy atom. The molecule has 0 aliphatic carbocycles. The number of nitrogens with one attached hydrogen (secondary N) is 1. The van der Waals surface area contributed by atoms with Gasteiger partial charge in [0, 0.05) is 12.6 Å². The third kappa shape index (κ3) is 8.19. The predicted octanol–water partition coefficient (Wildman–Crippen LogP) is 6.04. The Labute approximate surface area is 245 Å². The van der Waals surface area contributed by atoms with Crippen LogP contribution in [-0.4, -0.2) is 43.8 Å². The Kier molecular flexibility index (Phi) is 11.1. The molecular weight excluding hydrogens is 534 g/mol. The van der Waals surface area contributed by atoms with Crippen molar-refractivity contribution in [2.45, 2.75) is 83.8 Å². The molecule has 0 saturated heterocycles. The summed E-state index contributed by atoms with van der Waals surface area (Å²) in [6.45, 7) is 11.6. The summed E-state index contributed by atoms with van der Waals surface area (Å²) in [5.74, 6) is -0.435. The second-order valence-electron chi connectivity index (χ2n) is 10.8. The summed E-state index contributed by atoms with van der Waals surface area (Å²) in [5.41, 5.74) is 3.35. The smallest absolute Gasteiger partial charge is 0.264 e. The van der Waals surface area contributed by atoms with Gasteiger partial charge in [-0.3, -0.25) is 13.9 Å². The van der Waals surface area contributed by atoms with Gasteiger partial charge in [-0.1, -0.05) is 87.9 Å². The molecule has 0 saturated carbocycles. The Balaban J connectivity index is 2.06. The van der Waals surface area contributed by atoms with Crippen LogP contribution in [0.4, 0.5) is 5.69 Å². The molecule has 0 spiro atoms. The molecule has 0 aliphatic heterocycles. The number of hydrogen-bond acceptors (Lipinski definition) is 4. The first kappa shape index (κ1) is 31.9. The van der Waals surface area contributed by atoms with Gasteiger partial charge in [0.15, 0.2) is 0 Å². The lowest BCUT2D eigenvalue weighted by Crippen LogP contribution is -2.53. The minimum atomic E-state index is -4.09. The molecule has 0 bridgehead atoms. The van der Waals surface area contributed by atoms with E-state index in [1.165, 1.54) is 17.0 Å². The van der Waals surface area contributed by atoms with E-state index in [1.54, 1.807) is 30.3 Å². The van der Waals surface area contributed by atoms with Crippen LogP contribution in [0.2, 0.25) is 0 Å². The van der Waals surface area contributed by atoms with Crippen molar-refractivity contribution in [1.29, 1.82) is 0 Å². The molecule has 8 heteroatoms. The number of aryl methyl sites for hydroxylation is 1. The number of sulfonamides is 1. The van der Waals surface area contributed by atoms with Crippen LogP contribution in [0.5, 0.6) is 0 Å². The lowest BCUT2D eigenvalue weighted by molar-refractivity contribution is -0.140. The van der Waals surface area contributed by atoms with E-state index in [9.17, 15) is 18.0 Å². The molecule has 0 unspecified atom stereocenters. The lowest BCUT2D eigenvalue weighted by Gasteiger charge is -2.34. The molecule has 0 heterocycles. The van der Waals surface area contributed by atoms with Crippen molar-refractivity contribution >= 4 is 27.5 Å². The highest BCUT2D eigenvalue weighted by Gasteiger charge is 2.34. The summed E-state index contributed by atoms with van der Waals surface area (Å²) in [5, 5.41) is 3.01. The topological polar surface area (TPSA) is 86.8 Å². The van der Waals surface area contributed by atoms with Crippen molar-refractivity contribution in [2.75, 3.05) is 10.8 Å². The molecule has 0 fully saturated rings. The van der Waals surface area contributed by atoms with E-state index in [-0.39, 0.29) is 29.3 Å². The van der Waals surface area contributed by atoms with E-state index >= 15 is 0 Å². The maximum atomic E-state index is 14.2. The predicted molar refractivity (Wildman–Crippen MR) is 165 cm³/mol. The fourth-order valence-electron chi connectivity index (χ4n) is 4.64. The highest BCUT2D eigenvalue weighted by Crippen LogP contribution is 2.27. The number of carbonyl (C=O) groups is 2. The highest BCUT2D eigenvalue weighted by molar-refractivity contribution is 7.92. The normalized spacial score (nSPS) is 13.0. The Hall–Kier alpha value is -3.65. The van der Waals surface area contributed by atoms with Crippen LogP contribution in [0, 0.1) is 6.92 Å². The number of rotatable bonds is 13. The van der Waals surface area contributed by atoms with E-state index in [0.29, 0.717) is 12.1 Å². The second-order valence-corrected chi connectivity index (χ2v) is 12.7. The Morgan fingerprint density at radius 2 is 1.51 bits per heavy atom. The molecule has 7 nitrogen and oxygen atoms in total. The van der Waals surface area contributed by atoms with E-state index in [4.69, 9.17) is 0 Å². The van der Waals surface area contributed by atoms with Gasteiger partial charge >= 0.3 is 0 Å². The summed E-state index contributed by atoms with van der Waals surface area (Å²) in [6.07, 6.45) is 1.14. The molecule has 220 valence electrons. The van der Waals surface area contributed by atoms with Crippen LogP contribution in [0.25, 0.3) is 0 Å². The van der Waals surface area contributed by atoms with E-state index in [0.717, 1.165) is 27.4 Å². The van der Waals surface area contributed by atoms with E-state index in [1.807, 2.05) is 64.1 Å². The summed E-state index contributed by atoms with van der Waals surface area (Å²) in [7, 11) is -4.09. The maximum Gasteiger partial charge on any atom is 0.264 e. The number of benzene rings is 3. The molecular formula is C33H43N3O4S. The molecule has 0 aromatic heterocycles. The first-order valence-electron chi connectivity index (χ1n) is 14.3. The fraction of sp³-hybridized carbons (Fsp3) is 0.394. The van der Waals surface area contributed by atoms with Gasteiger partial charge in [-0.2, -0.15) is 0 Å². The standard InChI is InChI=1S/C33H43N3O4S/c1-7-26(6)34-33(38)31(8-2)35(22-27-14-12-13-25(5)21-27)32(37)23-36(29-19-17-28(18-20-29)24(3)4)41(39,40)30-15-10-9-11-16-30/h9-21,24,26,31H,7-8,22-23H2,1-6H3,(H,34,38)/t26-,31-/m0/s1. The number of amides is 2. The molecule has 3 aromatic carbocycles. The van der Waals surface area contributed by atoms with Crippen LogP contribution < -0.4 is 9.62 Å². The number of hydrogen-bond donors (Lipinski definition) is 1. The van der Waals surface area contributed by atoms with Crippen molar-refractivity contribution in [3.8, 4) is 0 Å². The van der Waals surface area contributed by atoms with Gasteiger partial charge in [-0.05, 0) is 68.0 Å². The third-order valence-electron chi connectivity index (χ3n) is 7.28. The molecule has 0 radical (unpaired) electrons. The average Bonchev–Trinajstić information content (AvgIpc) is 2.96. The van der Waals surface area contributed by atoms with Crippen LogP contribution in [0.3, 0.4) is 0 Å². The number of carbonyl (C=O) groups excluding carboxylic acids is 2. The molecule has 3 rings (SSSR count). The monoisotopic (exact) mass is 577 g/mol. The van der Waals surface area contributed by atoms with Gasteiger partial charge in [0.05, 0.1) is 10.6 Å². The second kappa shape index (κ2) is 14.3. The molecule has 1 N–H and O–H groups in total. The van der Waals surface area contributed by atoms with Gasteiger partial charge in [-0.15, -0.1) is 0 Å². The Bertz CT molecular complexity index is 1410. The summed E-state index contributed by atoms with van der Waals surface area (Å²) >= 11 is 0. The lowest BCUT2D eigenvalue weighted by atomic mass is 10.0. The van der Waals surface area contributed by atoms with E-state index in [2.05, 4.69) is 19.2 Å². The Morgan fingerprint density at radius 1 is 0.854 bits per heavy atom. The molecule has 3 aromatic rings. The third-order valence-corrected chi connectivity index (χ3v) is 9.07. The quantitative estimate of drug-likeness (QED) is 0.269. The van der Waals surface area contributed by atoms with E-state index < -0.39 is 28.5 Å². The first-order chi connectivity index (χ1) is 19.5. The minimum Gasteiger partial charge on any atom is -0.352 e. The molecule has 2 amide bonds. The van der Waals surface area contributed by atoms with Crippen LogP contribution in [0.1, 0.15) is 70.1 Å². The summed E-state index contributed by atoms with van der Waals surface area (Å²) < 4.78 is 29.0. The maximum absolute atomic E-state index is 14.2. The molecule has 41 heavy (non-hydrogen) atoms. The zero-order valence-corrected chi connectivity index (χ0v) is 25.8. The fourth-order valence-corrected chi connectivity index (χ4v) is 6.08. The number of nitrogens with zero attached hydrogens (tertiary/aromatic N) is 2. The molecule has 0 aliphatic rings. The molecule has 2 atom stereocenters. The van der Waals surface area contributed by atoms with Crippen molar-refractivity contribution in [2.24, 2.45) is 0 Å². The number of anilines is 1.